The van der Waals surface area contributed by atoms with Gasteiger partial charge in [-0.1, -0.05) is 43.3 Å². The predicted molar refractivity (Wildman–Crippen MR) is 69.7 cm³/mol. The first-order valence-electron chi connectivity index (χ1n) is 5.88. The summed E-state index contributed by atoms with van der Waals surface area (Å²) in [5.74, 6) is 0. The average Bonchev–Trinajstić information content (AvgIpc) is 2.66. The highest BCUT2D eigenvalue weighted by atomic mass is 15.0. The maximum absolute atomic E-state index is 2.42. The Morgan fingerprint density at radius 2 is 1.31 bits per heavy atom. The smallest absolute Gasteiger partial charge is 0.0491 e. The molecule has 0 amide bonds. The zero-order valence-electron chi connectivity index (χ0n) is 9.48. The number of hydrogen-bond donors (Lipinski definition) is 0. The van der Waals surface area contributed by atoms with Gasteiger partial charge in [-0.3, -0.25) is 0 Å². The third-order valence-corrected chi connectivity index (χ3v) is 3.13. The van der Waals surface area contributed by atoms with Crippen LogP contribution in [-0.2, 0) is 6.54 Å². The van der Waals surface area contributed by atoms with Crippen molar-refractivity contribution in [2.75, 3.05) is 0 Å². The summed E-state index contributed by atoms with van der Waals surface area (Å²) in [5.41, 5.74) is 2.70. The molecule has 0 saturated carbocycles. The Morgan fingerprint density at radius 1 is 0.812 bits per heavy atom. The molecule has 0 aliphatic heterocycles. The molecule has 16 heavy (non-hydrogen) atoms. The molecule has 1 heterocycles. The number of para-hydroxylation sites is 2. The first kappa shape index (κ1) is 9.46. The second-order valence-electron chi connectivity index (χ2n) is 4.19. The molecule has 0 unspecified atom stereocenters. The molecule has 0 saturated heterocycles. The number of benzene rings is 2. The molecule has 0 atom stereocenters. The minimum atomic E-state index is 1.09. The molecule has 0 N–H and O–H groups in total. The van der Waals surface area contributed by atoms with Crippen LogP contribution in [0.5, 0.6) is 0 Å². The summed E-state index contributed by atoms with van der Waals surface area (Å²) in [7, 11) is 0. The van der Waals surface area contributed by atoms with Crippen LogP contribution in [0.4, 0.5) is 0 Å². The van der Waals surface area contributed by atoms with E-state index in [2.05, 4.69) is 60.0 Å². The first-order chi connectivity index (χ1) is 7.92. The number of nitrogens with zero attached hydrogens (tertiary/aromatic N) is 1. The van der Waals surface area contributed by atoms with Crippen LogP contribution >= 0.6 is 0 Å². The van der Waals surface area contributed by atoms with Crippen molar-refractivity contribution >= 4 is 21.8 Å². The number of fused-ring (bicyclic) bond motifs is 3. The van der Waals surface area contributed by atoms with Gasteiger partial charge in [-0.15, -0.1) is 0 Å². The Hall–Kier alpha value is -1.76. The highest BCUT2D eigenvalue weighted by molar-refractivity contribution is 6.07. The van der Waals surface area contributed by atoms with Gasteiger partial charge >= 0.3 is 0 Å². The lowest BCUT2D eigenvalue weighted by Crippen LogP contribution is -1.95. The van der Waals surface area contributed by atoms with Crippen molar-refractivity contribution in [2.45, 2.75) is 19.9 Å². The zero-order valence-corrected chi connectivity index (χ0v) is 9.48. The van der Waals surface area contributed by atoms with E-state index in [0.29, 0.717) is 0 Å². The van der Waals surface area contributed by atoms with E-state index in [1.165, 1.54) is 28.2 Å². The fraction of sp³-hybridized carbons (Fsp3) is 0.200. The van der Waals surface area contributed by atoms with Crippen molar-refractivity contribution in [2.24, 2.45) is 0 Å². The summed E-state index contributed by atoms with van der Waals surface area (Å²) in [6.07, 6.45) is 1.17. The van der Waals surface area contributed by atoms with Gasteiger partial charge in [0.2, 0.25) is 0 Å². The van der Waals surface area contributed by atoms with E-state index in [1.54, 1.807) is 0 Å². The van der Waals surface area contributed by atoms with Crippen LogP contribution in [0.2, 0.25) is 0 Å². The Morgan fingerprint density at radius 3 is 1.81 bits per heavy atom. The van der Waals surface area contributed by atoms with Crippen molar-refractivity contribution in [3.63, 3.8) is 0 Å². The van der Waals surface area contributed by atoms with Crippen LogP contribution in [0.15, 0.2) is 48.5 Å². The number of hydrogen-bond acceptors (Lipinski definition) is 0. The van der Waals surface area contributed by atoms with E-state index in [-0.39, 0.29) is 0 Å². The number of rotatable bonds is 2. The summed E-state index contributed by atoms with van der Waals surface area (Å²) in [4.78, 5) is 0. The molecule has 0 spiro atoms. The second-order valence-corrected chi connectivity index (χ2v) is 4.19. The lowest BCUT2D eigenvalue weighted by molar-refractivity contribution is 0.724. The van der Waals surface area contributed by atoms with Gasteiger partial charge in [-0.2, -0.15) is 0 Å². The normalized spacial score (nSPS) is 11.3. The maximum atomic E-state index is 2.42. The predicted octanol–water partition coefficient (Wildman–Crippen LogP) is 4.20. The average molecular weight is 209 g/mol. The third kappa shape index (κ3) is 1.25. The molecule has 3 aromatic rings. The summed E-state index contributed by atoms with van der Waals surface area (Å²) >= 11 is 0. The van der Waals surface area contributed by atoms with Gasteiger partial charge in [0, 0.05) is 28.4 Å². The molecule has 1 nitrogen and oxygen atoms in total. The van der Waals surface area contributed by atoms with Crippen molar-refractivity contribution in [1.29, 1.82) is 0 Å². The minimum Gasteiger partial charge on any atom is -0.340 e. The van der Waals surface area contributed by atoms with Gasteiger partial charge in [-0.05, 0) is 18.6 Å². The summed E-state index contributed by atoms with van der Waals surface area (Å²) in [5, 5.41) is 2.73. The van der Waals surface area contributed by atoms with Crippen LogP contribution in [0, 0.1) is 0 Å². The minimum absolute atomic E-state index is 1.09. The lowest BCUT2D eigenvalue weighted by atomic mass is 10.2. The van der Waals surface area contributed by atoms with Crippen LogP contribution in [0.25, 0.3) is 21.8 Å². The molecule has 3 rings (SSSR count). The van der Waals surface area contributed by atoms with Crippen molar-refractivity contribution in [3.8, 4) is 0 Å². The Labute approximate surface area is 95.3 Å². The Balaban J connectivity index is 2.49. The van der Waals surface area contributed by atoms with E-state index in [0.717, 1.165) is 6.54 Å². The summed E-state index contributed by atoms with van der Waals surface area (Å²) in [6.45, 7) is 3.32. The maximum Gasteiger partial charge on any atom is 0.0491 e. The summed E-state index contributed by atoms with van der Waals surface area (Å²) < 4.78 is 2.42. The number of aryl methyl sites for hydroxylation is 1. The van der Waals surface area contributed by atoms with E-state index < -0.39 is 0 Å². The van der Waals surface area contributed by atoms with Crippen molar-refractivity contribution < 1.29 is 0 Å². The van der Waals surface area contributed by atoms with Crippen molar-refractivity contribution in [1.82, 2.24) is 4.57 Å². The van der Waals surface area contributed by atoms with Gasteiger partial charge in [0.25, 0.3) is 0 Å². The summed E-state index contributed by atoms with van der Waals surface area (Å²) in [6, 6.07) is 17.3. The van der Waals surface area contributed by atoms with Gasteiger partial charge in [0.15, 0.2) is 0 Å². The van der Waals surface area contributed by atoms with Crippen LogP contribution < -0.4 is 0 Å². The zero-order chi connectivity index (χ0) is 11.0. The fourth-order valence-corrected chi connectivity index (χ4v) is 2.47. The van der Waals surface area contributed by atoms with E-state index in [1.807, 2.05) is 0 Å². The monoisotopic (exact) mass is 209 g/mol. The molecule has 1 aromatic heterocycles. The molecule has 0 aliphatic carbocycles. The van der Waals surface area contributed by atoms with Crippen LogP contribution in [-0.4, -0.2) is 4.57 Å². The van der Waals surface area contributed by atoms with Crippen LogP contribution in [0.1, 0.15) is 13.3 Å². The van der Waals surface area contributed by atoms with E-state index in [4.69, 9.17) is 0 Å². The SMILES string of the molecule is CCCn1c2ccccc2c2ccccc21. The van der Waals surface area contributed by atoms with Gasteiger partial charge in [0.1, 0.15) is 0 Å². The third-order valence-electron chi connectivity index (χ3n) is 3.13. The highest BCUT2D eigenvalue weighted by Gasteiger charge is 2.07. The van der Waals surface area contributed by atoms with Crippen LogP contribution in [0.3, 0.4) is 0 Å². The standard InChI is InChI=1S/C15H15N/c1-2-11-16-14-9-5-3-7-12(14)13-8-4-6-10-15(13)16/h3-10H,2,11H2,1H3. The van der Waals surface area contributed by atoms with Gasteiger partial charge < -0.3 is 4.57 Å². The van der Waals surface area contributed by atoms with Crippen molar-refractivity contribution in [3.05, 3.63) is 48.5 Å². The molecule has 80 valence electrons. The number of aromatic nitrogens is 1. The quantitative estimate of drug-likeness (QED) is 0.596. The Bertz CT molecular complexity index is 581. The largest absolute Gasteiger partial charge is 0.340 e. The lowest BCUT2D eigenvalue weighted by Gasteiger charge is -2.04. The molecule has 0 fully saturated rings. The molecule has 1 heteroatoms. The highest BCUT2D eigenvalue weighted by Crippen LogP contribution is 2.28. The fourth-order valence-electron chi connectivity index (χ4n) is 2.47. The van der Waals surface area contributed by atoms with E-state index in [9.17, 15) is 0 Å². The molecular weight excluding hydrogens is 194 g/mol. The Kier molecular flexibility index (Phi) is 2.17. The molecular formula is C15H15N. The van der Waals surface area contributed by atoms with Gasteiger partial charge in [0.05, 0.1) is 0 Å². The molecule has 0 aliphatic rings. The molecule has 0 bridgehead atoms. The molecule has 0 radical (unpaired) electrons. The van der Waals surface area contributed by atoms with Gasteiger partial charge in [-0.25, -0.2) is 0 Å². The molecule has 2 aromatic carbocycles. The first-order valence-corrected chi connectivity index (χ1v) is 5.88. The second kappa shape index (κ2) is 3.67. The van der Waals surface area contributed by atoms with E-state index >= 15 is 0 Å². The topological polar surface area (TPSA) is 4.93 Å².